The molecule has 108 valence electrons. The van der Waals surface area contributed by atoms with E-state index in [0.29, 0.717) is 5.75 Å². The molecule has 2 aromatic carbocycles. The molecule has 0 radical (unpaired) electrons. The van der Waals surface area contributed by atoms with Crippen LogP contribution in [0.2, 0.25) is 0 Å². The van der Waals surface area contributed by atoms with Crippen LogP contribution in [0.5, 0.6) is 0 Å². The first-order valence-corrected chi connectivity index (χ1v) is 8.04. The molecule has 2 aromatic rings. The summed E-state index contributed by atoms with van der Waals surface area (Å²) < 4.78 is 0. The van der Waals surface area contributed by atoms with Crippen LogP contribution in [0.3, 0.4) is 0 Å². The van der Waals surface area contributed by atoms with Crippen LogP contribution in [-0.4, -0.2) is 23.1 Å². The average molecular weight is 298 g/mol. The molecule has 2 N–H and O–H groups in total. The summed E-state index contributed by atoms with van der Waals surface area (Å²) >= 11 is 1.51. The molecule has 0 unspecified atom stereocenters. The number of rotatable bonds is 3. The van der Waals surface area contributed by atoms with Crippen molar-refractivity contribution >= 4 is 23.4 Å². The van der Waals surface area contributed by atoms with Crippen molar-refractivity contribution in [2.75, 3.05) is 18.0 Å². The van der Waals surface area contributed by atoms with E-state index < -0.39 is 0 Å². The maximum Gasteiger partial charge on any atom is 0.233 e. The molecule has 3 nitrogen and oxygen atoms in total. The van der Waals surface area contributed by atoms with Crippen LogP contribution in [0, 0.1) is 0 Å². The molecule has 3 rings (SSSR count). The molecule has 4 heteroatoms. The lowest BCUT2D eigenvalue weighted by Crippen LogP contribution is -2.37. The minimum atomic E-state index is 0.178. The van der Waals surface area contributed by atoms with Gasteiger partial charge in [0.15, 0.2) is 0 Å². The molecule has 0 spiro atoms. The van der Waals surface area contributed by atoms with Crippen LogP contribution in [0.25, 0.3) is 0 Å². The Morgan fingerprint density at radius 2 is 1.81 bits per heavy atom. The first-order valence-electron chi connectivity index (χ1n) is 7.06. The third-order valence-electron chi connectivity index (χ3n) is 3.75. The van der Waals surface area contributed by atoms with Gasteiger partial charge in [0.05, 0.1) is 5.75 Å². The summed E-state index contributed by atoms with van der Waals surface area (Å²) in [5.74, 6) is 0.619. The third-order valence-corrected chi connectivity index (χ3v) is 4.83. The van der Waals surface area contributed by atoms with E-state index in [4.69, 9.17) is 5.73 Å². The molecule has 0 aromatic heterocycles. The largest absolute Gasteiger partial charge is 0.398 e. The molecule has 21 heavy (non-hydrogen) atoms. The van der Waals surface area contributed by atoms with Crippen molar-refractivity contribution in [3.8, 4) is 0 Å². The predicted molar refractivity (Wildman–Crippen MR) is 87.1 cm³/mol. The van der Waals surface area contributed by atoms with Gasteiger partial charge in [0.1, 0.15) is 0 Å². The average Bonchev–Trinajstić information content (AvgIpc) is 2.53. The van der Waals surface area contributed by atoms with Gasteiger partial charge in [0, 0.05) is 23.7 Å². The Labute approximate surface area is 129 Å². The number of nitrogens with zero attached hydrogens (tertiary/aromatic N) is 1. The minimum Gasteiger partial charge on any atom is -0.398 e. The lowest BCUT2D eigenvalue weighted by Gasteiger charge is -2.28. The summed E-state index contributed by atoms with van der Waals surface area (Å²) in [7, 11) is 0. The number of carbonyl (C=O) groups excluding carboxylic acids is 1. The van der Waals surface area contributed by atoms with E-state index in [1.165, 1.54) is 22.9 Å². The van der Waals surface area contributed by atoms with E-state index in [9.17, 15) is 4.79 Å². The van der Waals surface area contributed by atoms with Crippen LogP contribution in [0.1, 0.15) is 11.1 Å². The number of anilines is 1. The summed E-state index contributed by atoms with van der Waals surface area (Å²) in [6.45, 7) is 1.53. The zero-order valence-electron chi connectivity index (χ0n) is 11.8. The van der Waals surface area contributed by atoms with Gasteiger partial charge in [-0.2, -0.15) is 0 Å². The fourth-order valence-electron chi connectivity index (χ4n) is 2.55. The highest BCUT2D eigenvalue weighted by Gasteiger charge is 2.20. The Hall–Kier alpha value is -1.94. The number of hydrogen-bond donors (Lipinski definition) is 1. The molecule has 0 atom stereocenters. The SMILES string of the molecule is Nc1ccccc1SCC(=O)N1CCc2ccccc2C1. The smallest absolute Gasteiger partial charge is 0.233 e. The normalized spacial score (nSPS) is 13.8. The maximum atomic E-state index is 12.4. The van der Waals surface area contributed by atoms with Gasteiger partial charge in [-0.1, -0.05) is 36.4 Å². The molecule has 1 heterocycles. The predicted octanol–water partition coefficient (Wildman–Crippen LogP) is 2.95. The molecule has 0 fully saturated rings. The van der Waals surface area contributed by atoms with Crippen molar-refractivity contribution in [2.45, 2.75) is 17.9 Å². The van der Waals surface area contributed by atoms with Gasteiger partial charge in [-0.15, -0.1) is 11.8 Å². The standard InChI is InChI=1S/C17H18N2OS/c18-15-7-3-4-8-16(15)21-12-17(20)19-10-9-13-5-1-2-6-14(13)11-19/h1-8H,9-12,18H2. The fraction of sp³-hybridized carbons (Fsp3) is 0.235. The van der Waals surface area contributed by atoms with Crippen LogP contribution < -0.4 is 5.73 Å². The lowest BCUT2D eigenvalue weighted by atomic mass is 10.00. The highest BCUT2D eigenvalue weighted by molar-refractivity contribution is 8.00. The second-order valence-electron chi connectivity index (χ2n) is 5.16. The monoisotopic (exact) mass is 298 g/mol. The number of benzene rings is 2. The summed E-state index contributed by atoms with van der Waals surface area (Å²) in [5.41, 5.74) is 9.27. The quantitative estimate of drug-likeness (QED) is 0.700. The molecular formula is C17H18N2OS. The lowest BCUT2D eigenvalue weighted by molar-refractivity contribution is -0.129. The highest BCUT2D eigenvalue weighted by atomic mass is 32.2. The van der Waals surface area contributed by atoms with E-state index in [1.54, 1.807) is 0 Å². The van der Waals surface area contributed by atoms with Crippen molar-refractivity contribution in [1.29, 1.82) is 0 Å². The summed E-state index contributed by atoms with van der Waals surface area (Å²) in [6.07, 6.45) is 0.944. The van der Waals surface area contributed by atoms with Gasteiger partial charge in [0.25, 0.3) is 0 Å². The van der Waals surface area contributed by atoms with Crippen molar-refractivity contribution in [3.63, 3.8) is 0 Å². The van der Waals surface area contributed by atoms with Gasteiger partial charge < -0.3 is 10.6 Å². The zero-order valence-corrected chi connectivity index (χ0v) is 12.6. The van der Waals surface area contributed by atoms with Gasteiger partial charge in [-0.3, -0.25) is 4.79 Å². The van der Waals surface area contributed by atoms with Gasteiger partial charge in [-0.25, -0.2) is 0 Å². The number of fused-ring (bicyclic) bond motifs is 1. The van der Waals surface area contributed by atoms with Crippen molar-refractivity contribution in [2.24, 2.45) is 0 Å². The summed E-state index contributed by atoms with van der Waals surface area (Å²) in [5, 5.41) is 0. The first kappa shape index (κ1) is 14.0. The van der Waals surface area contributed by atoms with Gasteiger partial charge >= 0.3 is 0 Å². The van der Waals surface area contributed by atoms with Gasteiger partial charge in [0.2, 0.25) is 5.91 Å². The summed E-state index contributed by atoms with van der Waals surface area (Å²) in [6, 6.07) is 16.0. The molecule has 0 aliphatic carbocycles. The van der Waals surface area contributed by atoms with E-state index in [0.717, 1.165) is 30.1 Å². The highest BCUT2D eigenvalue weighted by Crippen LogP contribution is 2.25. The Balaban J connectivity index is 1.61. The molecule has 1 amide bonds. The first-order chi connectivity index (χ1) is 10.2. The summed E-state index contributed by atoms with van der Waals surface area (Å²) in [4.78, 5) is 15.3. The Morgan fingerprint density at radius 3 is 2.62 bits per heavy atom. The van der Waals surface area contributed by atoms with Crippen LogP contribution in [0.15, 0.2) is 53.4 Å². The number of amides is 1. The number of nitrogens with two attached hydrogens (primary N) is 1. The number of carbonyl (C=O) groups is 1. The second kappa shape index (κ2) is 6.22. The zero-order chi connectivity index (χ0) is 14.7. The Kier molecular flexibility index (Phi) is 4.15. The van der Waals surface area contributed by atoms with E-state index in [2.05, 4.69) is 18.2 Å². The van der Waals surface area contributed by atoms with E-state index in [1.807, 2.05) is 35.2 Å². The number of thioether (sulfide) groups is 1. The van der Waals surface area contributed by atoms with Crippen molar-refractivity contribution < 1.29 is 4.79 Å². The van der Waals surface area contributed by atoms with Gasteiger partial charge in [-0.05, 0) is 29.7 Å². The molecule has 0 saturated heterocycles. The van der Waals surface area contributed by atoms with E-state index >= 15 is 0 Å². The molecule has 1 aliphatic rings. The van der Waals surface area contributed by atoms with Crippen molar-refractivity contribution in [3.05, 3.63) is 59.7 Å². The Bertz CT molecular complexity index is 657. The number of nitrogen functional groups attached to an aromatic ring is 1. The number of hydrogen-bond acceptors (Lipinski definition) is 3. The maximum absolute atomic E-state index is 12.4. The number of para-hydroxylation sites is 1. The molecule has 1 aliphatic heterocycles. The molecule has 0 bridgehead atoms. The van der Waals surface area contributed by atoms with Crippen LogP contribution >= 0.6 is 11.8 Å². The topological polar surface area (TPSA) is 46.3 Å². The minimum absolute atomic E-state index is 0.178. The van der Waals surface area contributed by atoms with E-state index in [-0.39, 0.29) is 5.91 Å². The van der Waals surface area contributed by atoms with Crippen LogP contribution in [0.4, 0.5) is 5.69 Å². The molecule has 0 saturated carbocycles. The fourth-order valence-corrected chi connectivity index (χ4v) is 3.42. The van der Waals surface area contributed by atoms with Crippen molar-refractivity contribution in [1.82, 2.24) is 4.90 Å². The third kappa shape index (κ3) is 3.22. The Morgan fingerprint density at radius 1 is 1.10 bits per heavy atom. The molecular weight excluding hydrogens is 280 g/mol. The van der Waals surface area contributed by atoms with Crippen LogP contribution in [-0.2, 0) is 17.8 Å². The second-order valence-corrected chi connectivity index (χ2v) is 6.18.